The minimum absolute atomic E-state index is 0.0322. The second kappa shape index (κ2) is 17.1. The van der Waals surface area contributed by atoms with Crippen LogP contribution in [0, 0.1) is 0 Å². The number of nitrogens with zero attached hydrogens (tertiary/aromatic N) is 4. The molecule has 52 heavy (non-hydrogen) atoms. The van der Waals surface area contributed by atoms with E-state index in [4.69, 9.17) is 25.7 Å². The van der Waals surface area contributed by atoms with E-state index in [0.29, 0.717) is 5.56 Å². The lowest BCUT2D eigenvalue weighted by Gasteiger charge is -2.27. The molecule has 0 fully saturated rings. The van der Waals surface area contributed by atoms with Gasteiger partial charge in [-0.3, -0.25) is 10.1 Å². The molecule has 22 heteroatoms. The first-order valence-electron chi connectivity index (χ1n) is 15.2. The SMILES string of the molecule is CC(C)(C)OC(=O)NN=C(C(=O)O)c1csc(NC(=O)OC(C)(C)C)n1.NN=C(C(=O)C[C@H]1Cc2cccc(C(=O)O)c2OB1O)c1csc(N)n1. The highest BCUT2D eigenvalue weighted by atomic mass is 32.1. The van der Waals surface area contributed by atoms with E-state index in [1.807, 2.05) is 5.43 Å². The number of fused-ring (bicyclic) bond motifs is 1. The smallest absolute Gasteiger partial charge is 0.526 e. The zero-order valence-electron chi connectivity index (χ0n) is 28.8. The van der Waals surface area contributed by atoms with Crippen molar-refractivity contribution in [3.05, 3.63) is 51.5 Å². The van der Waals surface area contributed by atoms with Crippen LogP contribution in [0.5, 0.6) is 5.75 Å². The van der Waals surface area contributed by atoms with E-state index in [-0.39, 0.29) is 51.5 Å². The van der Waals surface area contributed by atoms with Crippen molar-refractivity contribution in [2.75, 3.05) is 11.1 Å². The highest BCUT2D eigenvalue weighted by Gasteiger charge is 2.38. The molecular formula is C30H37BN8O11S2. The van der Waals surface area contributed by atoms with E-state index >= 15 is 0 Å². The molecule has 278 valence electrons. The molecule has 0 bridgehead atoms. The zero-order valence-corrected chi connectivity index (χ0v) is 30.5. The Balaban J connectivity index is 0.000000280. The number of para-hydroxylation sites is 1. The Morgan fingerprint density at radius 2 is 1.60 bits per heavy atom. The minimum Gasteiger partial charge on any atom is -0.535 e. The van der Waals surface area contributed by atoms with Gasteiger partial charge < -0.3 is 40.9 Å². The topological polar surface area (TPSA) is 300 Å². The maximum Gasteiger partial charge on any atom is 0.526 e. The van der Waals surface area contributed by atoms with Gasteiger partial charge in [-0.25, -0.2) is 34.6 Å². The maximum atomic E-state index is 12.5. The van der Waals surface area contributed by atoms with Gasteiger partial charge in [0.15, 0.2) is 27.5 Å². The summed E-state index contributed by atoms with van der Waals surface area (Å²) in [7, 11) is -1.33. The number of hydrogen-bond acceptors (Lipinski definition) is 17. The molecule has 1 aliphatic heterocycles. The number of nitrogen functional groups attached to an aromatic ring is 1. The third kappa shape index (κ3) is 12.0. The highest BCUT2D eigenvalue weighted by Crippen LogP contribution is 2.36. The number of nitrogens with two attached hydrogens (primary N) is 2. The Morgan fingerprint density at radius 3 is 2.15 bits per heavy atom. The molecule has 2 aromatic heterocycles. The minimum atomic E-state index is -1.41. The lowest BCUT2D eigenvalue weighted by Crippen LogP contribution is -2.37. The number of nitrogens with one attached hydrogen (secondary N) is 2. The van der Waals surface area contributed by atoms with Gasteiger partial charge in [0.05, 0.1) is 5.56 Å². The molecule has 0 saturated heterocycles. The summed E-state index contributed by atoms with van der Waals surface area (Å²) in [6.45, 7) is 10.1. The lowest BCUT2D eigenvalue weighted by molar-refractivity contribution is -0.129. The Hall–Kier alpha value is -5.61. The number of benzene rings is 1. The number of hydrazone groups is 2. The van der Waals surface area contributed by atoms with Crippen molar-refractivity contribution in [1.82, 2.24) is 15.4 Å². The van der Waals surface area contributed by atoms with Crippen molar-refractivity contribution in [3.8, 4) is 5.75 Å². The second-order valence-corrected chi connectivity index (χ2v) is 14.5. The number of ketones is 1. The predicted octanol–water partition coefficient (Wildman–Crippen LogP) is 3.33. The largest absolute Gasteiger partial charge is 0.535 e. The molecule has 1 atom stereocenters. The van der Waals surface area contributed by atoms with Crippen LogP contribution in [0.15, 0.2) is 39.2 Å². The van der Waals surface area contributed by atoms with Crippen LogP contribution in [0.1, 0.15) is 75.3 Å². The van der Waals surface area contributed by atoms with Crippen LogP contribution in [0.2, 0.25) is 5.82 Å². The number of carboxylic acids is 2. The number of amides is 2. The fourth-order valence-electron chi connectivity index (χ4n) is 4.29. The summed E-state index contributed by atoms with van der Waals surface area (Å²) in [5.41, 5.74) is 6.39. The zero-order chi connectivity index (χ0) is 39.0. The number of aromatic nitrogens is 2. The van der Waals surface area contributed by atoms with E-state index < -0.39 is 59.8 Å². The lowest BCUT2D eigenvalue weighted by atomic mass is 9.64. The number of rotatable bonds is 9. The molecule has 1 aromatic carbocycles. The van der Waals surface area contributed by atoms with Gasteiger partial charge in [0, 0.05) is 23.0 Å². The van der Waals surface area contributed by atoms with Gasteiger partial charge in [-0.2, -0.15) is 10.2 Å². The van der Waals surface area contributed by atoms with Gasteiger partial charge in [-0.1, -0.05) is 12.1 Å². The number of aliphatic carboxylic acids is 1. The molecule has 3 heterocycles. The monoisotopic (exact) mass is 760 g/mol. The summed E-state index contributed by atoms with van der Waals surface area (Å²) in [5, 5.41) is 41.4. The summed E-state index contributed by atoms with van der Waals surface area (Å²) < 4.78 is 15.4. The molecule has 1 aliphatic rings. The van der Waals surface area contributed by atoms with Crippen molar-refractivity contribution in [2.24, 2.45) is 16.0 Å². The van der Waals surface area contributed by atoms with Gasteiger partial charge >= 0.3 is 31.2 Å². The molecular weight excluding hydrogens is 723 g/mol. The average molecular weight is 761 g/mol. The number of anilines is 2. The second-order valence-electron chi connectivity index (χ2n) is 12.8. The van der Waals surface area contributed by atoms with Crippen molar-refractivity contribution in [3.63, 3.8) is 0 Å². The number of carbonyl (C=O) groups is 5. The third-order valence-electron chi connectivity index (χ3n) is 6.27. The Bertz CT molecular complexity index is 1880. The molecule has 0 spiro atoms. The molecule has 0 radical (unpaired) electrons. The van der Waals surface area contributed by atoms with Crippen molar-refractivity contribution in [1.29, 1.82) is 0 Å². The fourth-order valence-corrected chi connectivity index (χ4v) is 5.52. The Morgan fingerprint density at radius 1 is 0.981 bits per heavy atom. The van der Waals surface area contributed by atoms with E-state index in [1.54, 1.807) is 59.1 Å². The van der Waals surface area contributed by atoms with E-state index in [9.17, 15) is 39.2 Å². The van der Waals surface area contributed by atoms with Crippen LogP contribution >= 0.6 is 22.7 Å². The molecule has 2 amide bonds. The number of carboxylic acid groups (broad SMARTS) is 2. The molecule has 0 unspecified atom stereocenters. The summed E-state index contributed by atoms with van der Waals surface area (Å²) in [5.74, 6) is 1.89. The Kier molecular flexibility index (Phi) is 13.4. The van der Waals surface area contributed by atoms with E-state index in [1.165, 1.54) is 11.4 Å². The number of aromatic carboxylic acids is 1. The third-order valence-corrected chi connectivity index (χ3v) is 7.70. The van der Waals surface area contributed by atoms with E-state index in [0.717, 1.165) is 22.7 Å². The van der Waals surface area contributed by atoms with E-state index in [2.05, 4.69) is 25.5 Å². The number of hydrogen-bond donors (Lipinski definition) is 7. The summed E-state index contributed by atoms with van der Waals surface area (Å²) in [6.07, 6.45) is -1.44. The van der Waals surface area contributed by atoms with Crippen LogP contribution in [-0.4, -0.2) is 84.9 Å². The highest BCUT2D eigenvalue weighted by molar-refractivity contribution is 7.14. The molecule has 0 saturated carbocycles. The van der Waals surface area contributed by atoms with Gasteiger partial charge in [-0.05, 0) is 59.6 Å². The number of Topliss-reactive ketones (excluding diaryl/α,β-unsaturated/α-hetero) is 1. The summed E-state index contributed by atoms with van der Waals surface area (Å²) in [6, 6.07) is 4.68. The normalized spacial score (nSPS) is 14.5. The maximum absolute atomic E-state index is 12.5. The van der Waals surface area contributed by atoms with Crippen LogP contribution < -0.4 is 27.0 Å². The van der Waals surface area contributed by atoms with Crippen molar-refractivity contribution < 1.29 is 53.3 Å². The number of carbonyl (C=O) groups excluding carboxylic acids is 3. The first-order valence-corrected chi connectivity index (χ1v) is 16.9. The summed E-state index contributed by atoms with van der Waals surface area (Å²) in [4.78, 5) is 66.4. The van der Waals surface area contributed by atoms with Crippen molar-refractivity contribution >= 4 is 81.4 Å². The van der Waals surface area contributed by atoms with Crippen LogP contribution in [0.3, 0.4) is 0 Å². The van der Waals surface area contributed by atoms with Crippen LogP contribution in [0.4, 0.5) is 19.9 Å². The molecule has 19 nitrogen and oxygen atoms in total. The van der Waals surface area contributed by atoms with Gasteiger partial charge in [-0.15, -0.1) is 22.7 Å². The first kappa shape index (κ1) is 40.8. The average Bonchev–Trinajstić information content (AvgIpc) is 3.64. The first-order chi connectivity index (χ1) is 24.2. The molecule has 4 rings (SSSR count). The number of ether oxygens (including phenoxy) is 2. The number of thiazole rings is 2. The fraction of sp³-hybridized carbons (Fsp3) is 0.367. The molecule has 3 aromatic rings. The van der Waals surface area contributed by atoms with Crippen LogP contribution in [0.25, 0.3) is 0 Å². The van der Waals surface area contributed by atoms with Crippen LogP contribution in [-0.2, 0) is 25.5 Å². The molecule has 9 N–H and O–H groups in total. The molecule has 0 aliphatic carbocycles. The van der Waals surface area contributed by atoms with Gasteiger partial charge in [0.25, 0.3) is 0 Å². The quantitative estimate of drug-likeness (QED) is 0.0712. The predicted molar refractivity (Wildman–Crippen MR) is 192 cm³/mol. The summed E-state index contributed by atoms with van der Waals surface area (Å²) >= 11 is 2.14. The van der Waals surface area contributed by atoms with Gasteiger partial charge in [0.1, 0.15) is 28.3 Å². The standard InChI is InChI=1S/C15H15BN4O5S.C15H22N4O6S/c17-15-19-10(6-26-15)12(20-18)11(21)5-8-4-7-2-1-3-9(14(22)23)13(7)25-16(8)24;1-14(2,3)24-12(22)17-11-16-8(7-26-11)9(10(20)21)18-19-13(23)25-15(4,5)6/h1-3,6,8,24H,4-5,18H2,(H2,17,19)(H,22,23);7H,1-6H3,(H,19,23)(H,20,21)(H,16,17,22)/t8-;/m1./s1. The van der Waals surface area contributed by atoms with Crippen molar-refractivity contribution in [2.45, 2.75) is 71.4 Å². The van der Waals surface area contributed by atoms with Gasteiger partial charge in [0.2, 0.25) is 0 Å². The Labute approximate surface area is 305 Å².